The SMILES string of the molecule is COc1ccccc1-c1nn(Cc2ccccc2)cc1C(=O)OCC(N)=O. The summed E-state index contributed by atoms with van der Waals surface area (Å²) in [5.74, 6) is -0.820. The van der Waals surface area contributed by atoms with Gasteiger partial charge in [0.25, 0.3) is 5.91 Å². The van der Waals surface area contributed by atoms with E-state index >= 15 is 0 Å². The molecule has 0 saturated carbocycles. The number of hydrogen-bond acceptors (Lipinski definition) is 5. The van der Waals surface area contributed by atoms with Gasteiger partial charge in [-0.25, -0.2) is 4.79 Å². The van der Waals surface area contributed by atoms with Gasteiger partial charge in [-0.15, -0.1) is 0 Å². The Morgan fingerprint density at radius 3 is 2.48 bits per heavy atom. The third kappa shape index (κ3) is 4.33. The molecular formula is C20H19N3O4. The van der Waals surface area contributed by atoms with Gasteiger partial charge in [-0.05, 0) is 17.7 Å². The summed E-state index contributed by atoms with van der Waals surface area (Å²) in [6, 6.07) is 17.0. The third-order valence-electron chi connectivity index (χ3n) is 3.88. The largest absolute Gasteiger partial charge is 0.496 e. The van der Waals surface area contributed by atoms with Gasteiger partial charge in [0.2, 0.25) is 0 Å². The van der Waals surface area contributed by atoms with Crippen LogP contribution in [-0.4, -0.2) is 35.4 Å². The summed E-state index contributed by atoms with van der Waals surface area (Å²) >= 11 is 0. The van der Waals surface area contributed by atoms with E-state index in [4.69, 9.17) is 15.2 Å². The summed E-state index contributed by atoms with van der Waals surface area (Å²) in [5.41, 5.74) is 7.39. The second kappa shape index (κ2) is 8.18. The van der Waals surface area contributed by atoms with Crippen molar-refractivity contribution >= 4 is 11.9 Å². The van der Waals surface area contributed by atoms with Gasteiger partial charge in [0.1, 0.15) is 17.0 Å². The van der Waals surface area contributed by atoms with Gasteiger partial charge in [-0.1, -0.05) is 42.5 Å². The van der Waals surface area contributed by atoms with E-state index in [2.05, 4.69) is 5.10 Å². The van der Waals surface area contributed by atoms with Crippen LogP contribution in [0.4, 0.5) is 0 Å². The quantitative estimate of drug-likeness (QED) is 0.648. The zero-order valence-electron chi connectivity index (χ0n) is 14.8. The molecule has 1 heterocycles. The summed E-state index contributed by atoms with van der Waals surface area (Å²) in [6.07, 6.45) is 1.60. The van der Waals surface area contributed by atoms with Crippen molar-refractivity contribution in [2.75, 3.05) is 13.7 Å². The monoisotopic (exact) mass is 365 g/mol. The van der Waals surface area contributed by atoms with Gasteiger partial charge in [0.05, 0.1) is 13.7 Å². The van der Waals surface area contributed by atoms with E-state index in [1.54, 1.807) is 30.1 Å². The van der Waals surface area contributed by atoms with E-state index in [9.17, 15) is 9.59 Å². The van der Waals surface area contributed by atoms with Crippen molar-refractivity contribution < 1.29 is 19.1 Å². The fourth-order valence-corrected chi connectivity index (χ4v) is 2.68. The van der Waals surface area contributed by atoms with Crippen LogP contribution in [0.1, 0.15) is 15.9 Å². The number of hydrogen-bond donors (Lipinski definition) is 1. The maximum atomic E-state index is 12.5. The maximum Gasteiger partial charge on any atom is 0.342 e. The highest BCUT2D eigenvalue weighted by Gasteiger charge is 2.22. The summed E-state index contributed by atoms with van der Waals surface area (Å²) in [4.78, 5) is 23.4. The molecule has 1 aromatic heterocycles. The van der Waals surface area contributed by atoms with Crippen molar-refractivity contribution in [2.24, 2.45) is 5.73 Å². The van der Waals surface area contributed by atoms with Crippen molar-refractivity contribution in [3.8, 4) is 17.0 Å². The molecule has 0 fully saturated rings. The van der Waals surface area contributed by atoms with Crippen LogP contribution in [0.5, 0.6) is 5.75 Å². The highest BCUT2D eigenvalue weighted by molar-refractivity contribution is 5.97. The second-order valence-corrected chi connectivity index (χ2v) is 5.82. The van der Waals surface area contributed by atoms with Gasteiger partial charge in [-0.3, -0.25) is 9.48 Å². The van der Waals surface area contributed by atoms with Crippen LogP contribution in [0.3, 0.4) is 0 Å². The first kappa shape index (κ1) is 18.2. The van der Waals surface area contributed by atoms with Gasteiger partial charge in [0, 0.05) is 11.8 Å². The fraction of sp³-hybridized carbons (Fsp3) is 0.150. The summed E-state index contributed by atoms with van der Waals surface area (Å²) in [7, 11) is 1.55. The van der Waals surface area contributed by atoms with Crippen LogP contribution in [0, 0.1) is 0 Å². The van der Waals surface area contributed by atoms with Crippen molar-refractivity contribution in [1.82, 2.24) is 9.78 Å². The molecule has 7 nitrogen and oxygen atoms in total. The highest BCUT2D eigenvalue weighted by Crippen LogP contribution is 2.31. The molecule has 0 saturated heterocycles. The van der Waals surface area contributed by atoms with Crippen molar-refractivity contribution in [3.63, 3.8) is 0 Å². The molecule has 3 rings (SSSR count). The average molecular weight is 365 g/mol. The number of amides is 1. The molecule has 3 aromatic rings. The number of ether oxygens (including phenoxy) is 2. The Morgan fingerprint density at radius 2 is 1.78 bits per heavy atom. The Morgan fingerprint density at radius 1 is 1.07 bits per heavy atom. The van der Waals surface area contributed by atoms with Crippen LogP contribution in [-0.2, 0) is 16.1 Å². The molecule has 1 amide bonds. The van der Waals surface area contributed by atoms with E-state index < -0.39 is 18.5 Å². The van der Waals surface area contributed by atoms with E-state index in [1.807, 2.05) is 42.5 Å². The lowest BCUT2D eigenvalue weighted by atomic mass is 10.1. The number of primary amides is 1. The zero-order chi connectivity index (χ0) is 19.2. The van der Waals surface area contributed by atoms with Gasteiger partial charge in [0.15, 0.2) is 6.61 Å². The standard InChI is InChI=1S/C20H19N3O4/c1-26-17-10-6-5-9-15(17)19-16(20(25)27-13-18(21)24)12-23(22-19)11-14-7-3-2-4-8-14/h2-10,12H,11,13H2,1H3,(H2,21,24). The molecule has 0 unspecified atom stereocenters. The van der Waals surface area contributed by atoms with Crippen LogP contribution >= 0.6 is 0 Å². The van der Waals surface area contributed by atoms with Crippen LogP contribution < -0.4 is 10.5 Å². The lowest BCUT2D eigenvalue weighted by molar-refractivity contribution is -0.121. The number of nitrogens with two attached hydrogens (primary N) is 1. The number of carbonyl (C=O) groups is 2. The minimum atomic E-state index is -0.723. The predicted octanol–water partition coefficient (Wildman–Crippen LogP) is 2.25. The maximum absolute atomic E-state index is 12.5. The lowest BCUT2D eigenvalue weighted by Gasteiger charge is -2.07. The molecule has 7 heteroatoms. The second-order valence-electron chi connectivity index (χ2n) is 5.82. The fourth-order valence-electron chi connectivity index (χ4n) is 2.68. The third-order valence-corrected chi connectivity index (χ3v) is 3.88. The number of aromatic nitrogens is 2. The van der Waals surface area contributed by atoms with E-state index in [-0.39, 0.29) is 5.56 Å². The number of esters is 1. The molecule has 0 spiro atoms. The summed E-state index contributed by atoms with van der Waals surface area (Å²) < 4.78 is 12.0. The number of benzene rings is 2. The Hall–Kier alpha value is -3.61. The Labute approximate surface area is 156 Å². The summed E-state index contributed by atoms with van der Waals surface area (Å²) in [6.45, 7) is -0.0137. The van der Waals surface area contributed by atoms with Crippen molar-refractivity contribution in [2.45, 2.75) is 6.54 Å². The molecule has 0 atom stereocenters. The number of methoxy groups -OCH3 is 1. The smallest absolute Gasteiger partial charge is 0.342 e. The molecular weight excluding hydrogens is 346 g/mol. The molecule has 0 aliphatic rings. The van der Waals surface area contributed by atoms with Crippen LogP contribution in [0.25, 0.3) is 11.3 Å². The Kier molecular flexibility index (Phi) is 5.51. The van der Waals surface area contributed by atoms with Gasteiger partial charge < -0.3 is 15.2 Å². The Bertz CT molecular complexity index is 951. The molecule has 2 N–H and O–H groups in total. The van der Waals surface area contributed by atoms with Crippen LogP contribution in [0.2, 0.25) is 0 Å². The zero-order valence-corrected chi connectivity index (χ0v) is 14.8. The molecule has 0 radical (unpaired) electrons. The molecule has 0 bridgehead atoms. The molecule has 2 aromatic carbocycles. The topological polar surface area (TPSA) is 96.4 Å². The predicted molar refractivity (Wildman–Crippen MR) is 99.2 cm³/mol. The first-order chi connectivity index (χ1) is 13.1. The average Bonchev–Trinajstić information content (AvgIpc) is 3.10. The Balaban J connectivity index is 2.01. The number of para-hydroxylation sites is 1. The minimum absolute atomic E-state index is 0.233. The number of rotatable bonds is 7. The van der Waals surface area contributed by atoms with Crippen molar-refractivity contribution in [3.05, 3.63) is 71.9 Å². The van der Waals surface area contributed by atoms with Crippen LogP contribution in [0.15, 0.2) is 60.8 Å². The number of nitrogens with zero attached hydrogens (tertiary/aromatic N) is 2. The lowest BCUT2D eigenvalue weighted by Crippen LogP contribution is -2.21. The molecule has 0 aliphatic heterocycles. The summed E-state index contributed by atoms with van der Waals surface area (Å²) in [5, 5.41) is 4.55. The molecule has 0 aliphatic carbocycles. The van der Waals surface area contributed by atoms with E-state index in [1.165, 1.54) is 0 Å². The van der Waals surface area contributed by atoms with Crippen molar-refractivity contribution in [1.29, 1.82) is 0 Å². The first-order valence-electron chi connectivity index (χ1n) is 8.28. The highest BCUT2D eigenvalue weighted by atomic mass is 16.5. The normalized spacial score (nSPS) is 10.4. The van der Waals surface area contributed by atoms with Gasteiger partial charge in [-0.2, -0.15) is 5.10 Å². The van der Waals surface area contributed by atoms with E-state index in [0.717, 1.165) is 5.56 Å². The minimum Gasteiger partial charge on any atom is -0.496 e. The molecule has 138 valence electrons. The first-order valence-corrected chi connectivity index (χ1v) is 8.28. The van der Waals surface area contributed by atoms with Gasteiger partial charge >= 0.3 is 5.97 Å². The molecule has 27 heavy (non-hydrogen) atoms. The number of carbonyl (C=O) groups excluding carboxylic acids is 2. The van der Waals surface area contributed by atoms with E-state index in [0.29, 0.717) is 23.6 Å².